The lowest BCUT2D eigenvalue weighted by Crippen LogP contribution is -2.35. The summed E-state index contributed by atoms with van der Waals surface area (Å²) in [5.41, 5.74) is 3.72. The van der Waals surface area contributed by atoms with E-state index in [1.165, 1.54) is 16.6 Å². The van der Waals surface area contributed by atoms with E-state index in [1.54, 1.807) is 18.2 Å². The zero-order valence-corrected chi connectivity index (χ0v) is 14.9. The zero-order valence-electron chi connectivity index (χ0n) is 14.9. The fraction of sp³-hybridized carbons (Fsp3) is 0.333. The van der Waals surface area contributed by atoms with Gasteiger partial charge in [0.1, 0.15) is 0 Å². The molecule has 1 aliphatic heterocycles. The summed E-state index contributed by atoms with van der Waals surface area (Å²) in [7, 11) is 0. The van der Waals surface area contributed by atoms with Crippen LogP contribution >= 0.6 is 0 Å². The highest BCUT2D eigenvalue weighted by Gasteiger charge is 2.26. The fourth-order valence-corrected chi connectivity index (χ4v) is 4.02. The average molecular weight is 349 g/mol. The van der Waals surface area contributed by atoms with Gasteiger partial charge in [0, 0.05) is 35.3 Å². The van der Waals surface area contributed by atoms with Gasteiger partial charge >= 0.3 is 0 Å². The Balaban J connectivity index is 1.44. The number of fused-ring (bicyclic) bond motifs is 1. The van der Waals surface area contributed by atoms with Gasteiger partial charge in [-0.15, -0.1) is 0 Å². The summed E-state index contributed by atoms with van der Waals surface area (Å²) in [5.74, 6) is 0.552. The van der Waals surface area contributed by atoms with Crippen LogP contribution in [0.5, 0.6) is 0 Å². The van der Waals surface area contributed by atoms with E-state index in [4.69, 9.17) is 0 Å². The fourth-order valence-electron chi connectivity index (χ4n) is 4.02. The quantitative estimate of drug-likeness (QED) is 0.531. The van der Waals surface area contributed by atoms with E-state index in [0.717, 1.165) is 31.5 Å². The van der Waals surface area contributed by atoms with Gasteiger partial charge in [0.25, 0.3) is 5.69 Å². The molecular formula is C21H23N3O2. The largest absolute Gasteiger partial charge is 0.358 e. The van der Waals surface area contributed by atoms with Gasteiger partial charge < -0.3 is 4.98 Å². The van der Waals surface area contributed by atoms with E-state index in [2.05, 4.69) is 47.1 Å². The Morgan fingerprint density at radius 3 is 2.62 bits per heavy atom. The molecular weight excluding hydrogens is 326 g/mol. The summed E-state index contributed by atoms with van der Waals surface area (Å²) in [6.07, 6.45) is 2.21. The summed E-state index contributed by atoms with van der Waals surface area (Å²) >= 11 is 0. The summed E-state index contributed by atoms with van der Waals surface area (Å²) in [5, 5.41) is 12.3. The van der Waals surface area contributed by atoms with Crippen molar-refractivity contribution < 1.29 is 4.92 Å². The molecule has 0 radical (unpaired) electrons. The van der Waals surface area contributed by atoms with Crippen molar-refractivity contribution in [1.29, 1.82) is 0 Å². The third-order valence-electron chi connectivity index (χ3n) is 5.63. The highest BCUT2D eigenvalue weighted by molar-refractivity contribution is 5.80. The first kappa shape index (κ1) is 16.8. The Bertz CT molecular complexity index is 893. The lowest BCUT2D eigenvalue weighted by molar-refractivity contribution is -0.385. The lowest BCUT2D eigenvalue weighted by Gasteiger charge is -2.36. The van der Waals surface area contributed by atoms with Crippen LogP contribution in [0.25, 0.3) is 10.9 Å². The first-order valence-corrected chi connectivity index (χ1v) is 9.18. The van der Waals surface area contributed by atoms with Crippen molar-refractivity contribution in [1.82, 2.24) is 9.88 Å². The van der Waals surface area contributed by atoms with Crippen molar-refractivity contribution in [3.63, 3.8) is 0 Å². The van der Waals surface area contributed by atoms with Gasteiger partial charge in [0.2, 0.25) is 0 Å². The minimum absolute atomic E-state index is 0.169. The van der Waals surface area contributed by atoms with E-state index in [-0.39, 0.29) is 16.7 Å². The summed E-state index contributed by atoms with van der Waals surface area (Å²) in [4.78, 5) is 16.7. The standard InChI is InChI=1S/C21H23N3O2/c1-15(17-6-4-7-19(13-17)24(25)26)23-11-9-16(10-12-23)21-14-18-5-2-3-8-20(18)22-21/h2-8,13-16,22H,9-12H2,1H3. The average Bonchev–Trinajstić information content (AvgIpc) is 3.12. The number of H-pyrrole nitrogens is 1. The smallest absolute Gasteiger partial charge is 0.269 e. The van der Waals surface area contributed by atoms with Crippen molar-refractivity contribution in [3.05, 3.63) is 76.0 Å². The summed E-state index contributed by atoms with van der Waals surface area (Å²) in [6, 6.07) is 17.9. The molecule has 0 spiro atoms. The van der Waals surface area contributed by atoms with Gasteiger partial charge in [-0.25, -0.2) is 0 Å². The van der Waals surface area contributed by atoms with E-state index < -0.39 is 0 Å². The molecule has 1 aliphatic rings. The highest BCUT2D eigenvalue weighted by atomic mass is 16.6. The van der Waals surface area contributed by atoms with Crippen LogP contribution in [0.4, 0.5) is 5.69 Å². The minimum atomic E-state index is -0.321. The van der Waals surface area contributed by atoms with Crippen molar-refractivity contribution in [2.45, 2.75) is 31.7 Å². The molecule has 1 saturated heterocycles. The van der Waals surface area contributed by atoms with Crippen LogP contribution in [0.15, 0.2) is 54.6 Å². The normalized spacial score (nSPS) is 17.4. The number of nitro benzene ring substituents is 1. The monoisotopic (exact) mass is 349 g/mol. The summed E-state index contributed by atoms with van der Waals surface area (Å²) in [6.45, 7) is 4.15. The van der Waals surface area contributed by atoms with Crippen molar-refractivity contribution in [2.24, 2.45) is 0 Å². The number of hydrogen-bond donors (Lipinski definition) is 1. The van der Waals surface area contributed by atoms with Crippen molar-refractivity contribution >= 4 is 16.6 Å². The minimum Gasteiger partial charge on any atom is -0.358 e. The lowest BCUT2D eigenvalue weighted by atomic mass is 9.92. The molecule has 0 saturated carbocycles. The molecule has 1 aromatic heterocycles. The van der Waals surface area contributed by atoms with Gasteiger partial charge in [0.05, 0.1) is 4.92 Å². The summed E-state index contributed by atoms with van der Waals surface area (Å²) < 4.78 is 0. The van der Waals surface area contributed by atoms with Gasteiger partial charge in [-0.05, 0) is 55.9 Å². The van der Waals surface area contributed by atoms with Gasteiger partial charge in [0.15, 0.2) is 0 Å². The van der Waals surface area contributed by atoms with E-state index in [0.29, 0.717) is 5.92 Å². The second kappa shape index (κ2) is 6.92. The number of nitro groups is 1. The number of aromatic nitrogens is 1. The molecule has 2 heterocycles. The zero-order chi connectivity index (χ0) is 18.1. The number of aromatic amines is 1. The highest BCUT2D eigenvalue weighted by Crippen LogP contribution is 2.33. The van der Waals surface area contributed by atoms with Gasteiger partial charge in [-0.1, -0.05) is 30.3 Å². The molecule has 5 nitrogen and oxygen atoms in total. The maximum atomic E-state index is 11.0. The van der Waals surface area contributed by atoms with Crippen LogP contribution in [0.2, 0.25) is 0 Å². The number of nitrogens with one attached hydrogen (secondary N) is 1. The second-order valence-corrected chi connectivity index (χ2v) is 7.15. The molecule has 3 aromatic rings. The predicted molar refractivity (Wildman–Crippen MR) is 103 cm³/mol. The van der Waals surface area contributed by atoms with E-state index in [9.17, 15) is 10.1 Å². The molecule has 1 unspecified atom stereocenters. The Morgan fingerprint density at radius 2 is 1.88 bits per heavy atom. The first-order chi connectivity index (χ1) is 12.6. The van der Waals surface area contributed by atoms with E-state index in [1.807, 2.05) is 6.07 Å². The number of piperidine rings is 1. The van der Waals surface area contributed by atoms with Crippen LogP contribution in [-0.4, -0.2) is 27.9 Å². The number of nitrogens with zero attached hydrogens (tertiary/aromatic N) is 2. The van der Waals surface area contributed by atoms with Crippen LogP contribution in [0, 0.1) is 10.1 Å². The Hall–Kier alpha value is -2.66. The van der Waals surface area contributed by atoms with Gasteiger partial charge in [-0.3, -0.25) is 15.0 Å². The second-order valence-electron chi connectivity index (χ2n) is 7.15. The Labute approximate surface area is 152 Å². The molecule has 134 valence electrons. The van der Waals surface area contributed by atoms with Crippen molar-refractivity contribution in [2.75, 3.05) is 13.1 Å². The van der Waals surface area contributed by atoms with Crippen LogP contribution < -0.4 is 0 Å². The molecule has 0 aliphatic carbocycles. The number of hydrogen-bond acceptors (Lipinski definition) is 3. The molecule has 5 heteroatoms. The molecule has 26 heavy (non-hydrogen) atoms. The molecule has 2 aromatic carbocycles. The maximum Gasteiger partial charge on any atom is 0.269 e. The topological polar surface area (TPSA) is 62.2 Å². The Kier molecular flexibility index (Phi) is 4.47. The van der Waals surface area contributed by atoms with Crippen LogP contribution in [0.1, 0.15) is 43.0 Å². The predicted octanol–water partition coefficient (Wildman–Crippen LogP) is 5.02. The van der Waals surface area contributed by atoms with Crippen LogP contribution in [0.3, 0.4) is 0 Å². The van der Waals surface area contributed by atoms with Gasteiger partial charge in [-0.2, -0.15) is 0 Å². The van der Waals surface area contributed by atoms with E-state index >= 15 is 0 Å². The Morgan fingerprint density at radius 1 is 1.12 bits per heavy atom. The van der Waals surface area contributed by atoms with Crippen LogP contribution in [-0.2, 0) is 0 Å². The maximum absolute atomic E-state index is 11.0. The first-order valence-electron chi connectivity index (χ1n) is 9.18. The molecule has 1 N–H and O–H groups in total. The molecule has 0 amide bonds. The third kappa shape index (κ3) is 3.22. The number of para-hydroxylation sites is 1. The molecule has 1 atom stereocenters. The molecule has 1 fully saturated rings. The number of benzene rings is 2. The molecule has 0 bridgehead atoms. The SMILES string of the molecule is CC(c1cccc([N+](=O)[O-])c1)N1CCC(c2cc3ccccc3[nH]2)CC1. The number of rotatable bonds is 4. The molecule has 4 rings (SSSR count). The third-order valence-corrected chi connectivity index (χ3v) is 5.63. The van der Waals surface area contributed by atoms with Crippen molar-refractivity contribution in [3.8, 4) is 0 Å². The number of likely N-dealkylation sites (tertiary alicyclic amines) is 1. The number of non-ortho nitro benzene ring substituents is 1.